The van der Waals surface area contributed by atoms with Gasteiger partial charge in [0.05, 0.1) is 24.0 Å². The molecular weight excluding hydrogens is 316 g/mol. The van der Waals surface area contributed by atoms with Crippen LogP contribution >= 0.6 is 0 Å². The van der Waals surface area contributed by atoms with Crippen LogP contribution < -0.4 is 4.74 Å². The van der Waals surface area contributed by atoms with E-state index in [1.807, 2.05) is 53.9 Å². The number of aliphatic hydroxyl groups excluding tert-OH is 1. The summed E-state index contributed by atoms with van der Waals surface area (Å²) in [6, 6.07) is 11.6. The number of hydrogen-bond donors (Lipinski definition) is 1. The summed E-state index contributed by atoms with van der Waals surface area (Å²) in [6.07, 6.45) is 4.19. The summed E-state index contributed by atoms with van der Waals surface area (Å²) in [6.45, 7) is 2.58. The zero-order chi connectivity index (χ0) is 17.2. The van der Waals surface area contributed by atoms with Crippen LogP contribution in [0.15, 0.2) is 48.8 Å². The number of ether oxygens (including phenoxy) is 1. The molecule has 0 saturated carbocycles. The first-order valence-electron chi connectivity index (χ1n) is 8.21. The van der Waals surface area contributed by atoms with Crippen LogP contribution in [-0.4, -0.2) is 37.7 Å². The van der Waals surface area contributed by atoms with Crippen LogP contribution in [0.5, 0.6) is 5.75 Å². The molecule has 0 fully saturated rings. The maximum atomic E-state index is 8.89. The molecule has 1 N–H and O–H groups in total. The Morgan fingerprint density at radius 1 is 1.16 bits per heavy atom. The van der Waals surface area contributed by atoms with Gasteiger partial charge in [-0.1, -0.05) is 12.1 Å². The number of fused-ring (bicyclic) bond motifs is 3. The molecule has 6 heteroatoms. The van der Waals surface area contributed by atoms with Gasteiger partial charge in [0.2, 0.25) is 0 Å². The monoisotopic (exact) mass is 334 g/mol. The molecule has 0 amide bonds. The van der Waals surface area contributed by atoms with Gasteiger partial charge < -0.3 is 9.84 Å². The van der Waals surface area contributed by atoms with E-state index in [1.165, 1.54) is 0 Å². The summed E-state index contributed by atoms with van der Waals surface area (Å²) in [4.78, 5) is 13.7. The van der Waals surface area contributed by atoms with E-state index in [9.17, 15) is 0 Å². The zero-order valence-corrected chi connectivity index (χ0v) is 13.9. The van der Waals surface area contributed by atoms with Gasteiger partial charge in [0.25, 0.3) is 0 Å². The van der Waals surface area contributed by atoms with Crippen molar-refractivity contribution in [3.63, 3.8) is 0 Å². The number of benzene rings is 1. The van der Waals surface area contributed by atoms with Crippen LogP contribution in [-0.2, 0) is 0 Å². The van der Waals surface area contributed by atoms with Crippen molar-refractivity contribution in [3.8, 4) is 17.1 Å². The van der Waals surface area contributed by atoms with Gasteiger partial charge >= 0.3 is 0 Å². The van der Waals surface area contributed by atoms with Crippen LogP contribution in [0.1, 0.15) is 12.1 Å². The number of aliphatic hydroxyl groups is 1. The van der Waals surface area contributed by atoms with Crippen molar-refractivity contribution in [2.45, 2.75) is 13.3 Å². The Hall–Kier alpha value is -2.99. The van der Waals surface area contributed by atoms with E-state index >= 15 is 0 Å². The summed E-state index contributed by atoms with van der Waals surface area (Å²) in [5, 5.41) is 8.89. The highest BCUT2D eigenvalue weighted by Gasteiger charge is 2.13. The highest BCUT2D eigenvalue weighted by molar-refractivity contribution is 5.79. The molecule has 0 radical (unpaired) electrons. The Balaban J connectivity index is 1.86. The van der Waals surface area contributed by atoms with Crippen LogP contribution in [0, 0.1) is 6.92 Å². The van der Waals surface area contributed by atoms with Crippen molar-refractivity contribution in [1.29, 1.82) is 0 Å². The first kappa shape index (κ1) is 15.5. The normalized spacial score (nSPS) is 11.3. The van der Waals surface area contributed by atoms with Gasteiger partial charge in [0.15, 0.2) is 5.65 Å². The molecule has 4 aromatic rings. The molecular formula is C19H18N4O2. The van der Waals surface area contributed by atoms with Crippen LogP contribution in [0.2, 0.25) is 0 Å². The number of aryl methyl sites for hydroxylation is 1. The van der Waals surface area contributed by atoms with E-state index < -0.39 is 0 Å². The number of pyridine rings is 1. The molecule has 0 aliphatic carbocycles. The Kier molecular flexibility index (Phi) is 4.03. The molecule has 6 nitrogen and oxygen atoms in total. The lowest BCUT2D eigenvalue weighted by Gasteiger charge is -2.09. The highest BCUT2D eigenvalue weighted by Crippen LogP contribution is 2.27. The second-order valence-corrected chi connectivity index (χ2v) is 5.80. The molecule has 0 aliphatic rings. The first-order valence-corrected chi connectivity index (χ1v) is 8.21. The molecule has 25 heavy (non-hydrogen) atoms. The predicted molar refractivity (Wildman–Crippen MR) is 95.7 cm³/mol. The van der Waals surface area contributed by atoms with E-state index in [0.717, 1.165) is 39.5 Å². The lowest BCUT2D eigenvalue weighted by molar-refractivity contribution is 0.233. The van der Waals surface area contributed by atoms with Crippen molar-refractivity contribution >= 4 is 16.7 Å². The van der Waals surface area contributed by atoms with E-state index in [4.69, 9.17) is 9.84 Å². The zero-order valence-electron chi connectivity index (χ0n) is 13.9. The standard InChI is InChI=1S/C19H18N4O2/c1-13-17-12-21-18(23(17)19-16(22-13)7-3-8-20-19)14-5-2-6-15(11-14)25-10-4-9-24/h2-3,5-8,11-12,24H,4,9-10H2,1H3. The molecule has 0 unspecified atom stereocenters. The molecule has 0 atom stereocenters. The van der Waals surface area contributed by atoms with Crippen LogP contribution in [0.3, 0.4) is 0 Å². The molecule has 4 rings (SSSR count). The van der Waals surface area contributed by atoms with Crippen molar-refractivity contribution in [2.75, 3.05) is 13.2 Å². The number of rotatable bonds is 5. The van der Waals surface area contributed by atoms with E-state index in [0.29, 0.717) is 13.0 Å². The van der Waals surface area contributed by atoms with Gasteiger partial charge in [-0.25, -0.2) is 15.0 Å². The van der Waals surface area contributed by atoms with Crippen molar-refractivity contribution < 1.29 is 9.84 Å². The minimum atomic E-state index is 0.120. The minimum absolute atomic E-state index is 0.120. The summed E-state index contributed by atoms with van der Waals surface area (Å²) >= 11 is 0. The third-order valence-corrected chi connectivity index (χ3v) is 4.06. The van der Waals surface area contributed by atoms with Gasteiger partial charge in [-0.05, 0) is 31.2 Å². The lowest BCUT2D eigenvalue weighted by atomic mass is 10.2. The molecule has 3 heterocycles. The van der Waals surface area contributed by atoms with E-state index in [1.54, 1.807) is 6.20 Å². The van der Waals surface area contributed by atoms with Crippen molar-refractivity contribution in [1.82, 2.24) is 19.4 Å². The topological polar surface area (TPSA) is 72.5 Å². The van der Waals surface area contributed by atoms with Crippen molar-refractivity contribution in [2.24, 2.45) is 0 Å². The quantitative estimate of drug-likeness (QED) is 0.568. The van der Waals surface area contributed by atoms with Gasteiger partial charge in [0.1, 0.15) is 17.1 Å². The average Bonchev–Trinajstić information content (AvgIpc) is 3.08. The Morgan fingerprint density at radius 3 is 2.96 bits per heavy atom. The largest absolute Gasteiger partial charge is 0.493 e. The Bertz CT molecular complexity index is 1040. The summed E-state index contributed by atoms with van der Waals surface area (Å²) < 4.78 is 7.72. The fourth-order valence-electron chi connectivity index (χ4n) is 2.89. The second kappa shape index (κ2) is 6.49. The Morgan fingerprint density at radius 2 is 2.08 bits per heavy atom. The molecule has 0 bridgehead atoms. The molecule has 0 spiro atoms. The molecule has 3 aromatic heterocycles. The first-order chi connectivity index (χ1) is 12.3. The Labute approximate surface area is 144 Å². The molecule has 0 aliphatic heterocycles. The van der Waals surface area contributed by atoms with Gasteiger partial charge in [0, 0.05) is 24.8 Å². The fourth-order valence-corrected chi connectivity index (χ4v) is 2.89. The third-order valence-electron chi connectivity index (χ3n) is 4.06. The summed E-state index contributed by atoms with van der Waals surface area (Å²) in [7, 11) is 0. The van der Waals surface area contributed by atoms with Crippen LogP contribution in [0.4, 0.5) is 0 Å². The number of aromatic nitrogens is 4. The molecule has 126 valence electrons. The number of imidazole rings is 1. The number of nitrogens with zero attached hydrogens (tertiary/aromatic N) is 4. The van der Waals surface area contributed by atoms with Gasteiger partial charge in [-0.2, -0.15) is 0 Å². The van der Waals surface area contributed by atoms with Gasteiger partial charge in [-0.3, -0.25) is 4.40 Å². The van der Waals surface area contributed by atoms with E-state index in [-0.39, 0.29) is 6.61 Å². The average molecular weight is 334 g/mol. The van der Waals surface area contributed by atoms with Gasteiger partial charge in [-0.15, -0.1) is 0 Å². The maximum Gasteiger partial charge on any atom is 0.164 e. The predicted octanol–water partition coefficient (Wildman–Crippen LogP) is 3.01. The van der Waals surface area contributed by atoms with Crippen LogP contribution in [0.25, 0.3) is 28.1 Å². The lowest BCUT2D eigenvalue weighted by Crippen LogP contribution is -2.01. The molecule has 0 saturated heterocycles. The second-order valence-electron chi connectivity index (χ2n) is 5.80. The summed E-state index contributed by atoms with van der Waals surface area (Å²) in [5.74, 6) is 1.56. The van der Waals surface area contributed by atoms with E-state index in [2.05, 4.69) is 15.0 Å². The SMILES string of the molecule is Cc1nc2cccnc2n2c(-c3cccc(OCCCO)c3)ncc12. The van der Waals surface area contributed by atoms with Crippen molar-refractivity contribution in [3.05, 3.63) is 54.5 Å². The maximum absolute atomic E-state index is 8.89. The minimum Gasteiger partial charge on any atom is -0.493 e. The third kappa shape index (κ3) is 2.81. The number of hydrogen-bond acceptors (Lipinski definition) is 5. The summed E-state index contributed by atoms with van der Waals surface area (Å²) in [5.41, 5.74) is 4.41. The highest BCUT2D eigenvalue weighted by atomic mass is 16.5. The smallest absolute Gasteiger partial charge is 0.164 e. The fraction of sp³-hybridized carbons (Fsp3) is 0.211. The molecule has 1 aromatic carbocycles.